The van der Waals surface area contributed by atoms with Crippen LogP contribution in [0.1, 0.15) is 27.2 Å². The van der Waals surface area contributed by atoms with Gasteiger partial charge >= 0.3 is 12.0 Å². The number of carboxylic acids is 1. The number of nitrogens with zero attached hydrogens (tertiary/aromatic N) is 1. The Morgan fingerprint density at radius 3 is 2.43 bits per heavy atom. The van der Waals surface area contributed by atoms with Gasteiger partial charge in [0.05, 0.1) is 12.1 Å². The van der Waals surface area contributed by atoms with Crippen molar-refractivity contribution in [2.24, 2.45) is 0 Å². The molecule has 2 N–H and O–H groups in total. The third-order valence-electron chi connectivity index (χ3n) is 2.95. The summed E-state index contributed by atoms with van der Waals surface area (Å²) in [5.74, 6) is -0.915. The molecule has 1 rings (SSSR count). The van der Waals surface area contributed by atoms with E-state index >= 15 is 0 Å². The van der Waals surface area contributed by atoms with E-state index in [0.717, 1.165) is 10.6 Å². The fourth-order valence-corrected chi connectivity index (χ4v) is 2.43. The SMILES string of the molecule is CSc1ccccc1NC(=O)N(CCC(=O)O)C(C)(C)C. The normalized spacial score (nSPS) is 11.0. The van der Waals surface area contributed by atoms with Gasteiger partial charge in [-0.15, -0.1) is 11.8 Å². The van der Waals surface area contributed by atoms with E-state index in [9.17, 15) is 9.59 Å². The zero-order chi connectivity index (χ0) is 16.0. The van der Waals surface area contributed by atoms with E-state index in [2.05, 4.69) is 5.32 Å². The Morgan fingerprint density at radius 2 is 1.90 bits per heavy atom. The third kappa shape index (κ3) is 5.30. The number of benzene rings is 1. The molecule has 0 atom stereocenters. The fourth-order valence-electron chi connectivity index (χ4n) is 1.88. The molecule has 21 heavy (non-hydrogen) atoms. The highest BCUT2D eigenvalue weighted by Crippen LogP contribution is 2.25. The molecule has 116 valence electrons. The minimum absolute atomic E-state index is 0.0745. The average molecular weight is 310 g/mol. The van der Waals surface area contributed by atoms with Crippen molar-refractivity contribution in [3.8, 4) is 0 Å². The van der Waals surface area contributed by atoms with Crippen molar-refractivity contribution in [2.75, 3.05) is 18.1 Å². The topological polar surface area (TPSA) is 69.6 Å². The van der Waals surface area contributed by atoms with E-state index in [1.165, 1.54) is 4.90 Å². The Hall–Kier alpha value is -1.69. The molecule has 0 saturated carbocycles. The van der Waals surface area contributed by atoms with Crippen molar-refractivity contribution in [3.63, 3.8) is 0 Å². The minimum Gasteiger partial charge on any atom is -0.481 e. The average Bonchev–Trinajstić information content (AvgIpc) is 2.37. The lowest BCUT2D eigenvalue weighted by atomic mass is 10.1. The molecule has 0 spiro atoms. The maximum Gasteiger partial charge on any atom is 0.322 e. The monoisotopic (exact) mass is 310 g/mol. The van der Waals surface area contributed by atoms with Crippen molar-refractivity contribution in [1.29, 1.82) is 0 Å². The van der Waals surface area contributed by atoms with Gasteiger partial charge in [0.25, 0.3) is 0 Å². The Morgan fingerprint density at radius 1 is 1.29 bits per heavy atom. The van der Waals surface area contributed by atoms with Crippen LogP contribution in [0, 0.1) is 0 Å². The van der Waals surface area contributed by atoms with E-state index in [0.29, 0.717) is 0 Å². The molecule has 0 unspecified atom stereocenters. The predicted molar refractivity (Wildman–Crippen MR) is 86.0 cm³/mol. The van der Waals surface area contributed by atoms with Crippen molar-refractivity contribution < 1.29 is 14.7 Å². The van der Waals surface area contributed by atoms with E-state index in [-0.39, 0.29) is 19.0 Å². The zero-order valence-corrected chi connectivity index (χ0v) is 13.7. The molecule has 0 aliphatic heterocycles. The quantitative estimate of drug-likeness (QED) is 0.816. The summed E-state index contributed by atoms with van der Waals surface area (Å²) < 4.78 is 0. The molecule has 0 saturated heterocycles. The maximum absolute atomic E-state index is 12.5. The first-order valence-electron chi connectivity index (χ1n) is 6.69. The Balaban J connectivity index is 2.88. The highest BCUT2D eigenvalue weighted by atomic mass is 32.2. The lowest BCUT2D eigenvalue weighted by molar-refractivity contribution is -0.137. The van der Waals surface area contributed by atoms with Gasteiger partial charge in [-0.25, -0.2) is 4.79 Å². The zero-order valence-electron chi connectivity index (χ0n) is 12.8. The second-order valence-corrected chi connectivity index (χ2v) is 6.44. The standard InChI is InChI=1S/C15H22N2O3S/c1-15(2,3)17(10-9-13(18)19)14(20)16-11-7-5-6-8-12(11)21-4/h5-8H,9-10H2,1-4H3,(H,16,20)(H,18,19). The smallest absolute Gasteiger partial charge is 0.322 e. The van der Waals surface area contributed by atoms with Gasteiger partial charge in [0.15, 0.2) is 0 Å². The third-order valence-corrected chi connectivity index (χ3v) is 3.75. The summed E-state index contributed by atoms with van der Waals surface area (Å²) in [4.78, 5) is 25.7. The Labute approximate surface area is 129 Å². The first-order valence-corrected chi connectivity index (χ1v) is 7.91. The first-order chi connectivity index (χ1) is 9.75. The van der Waals surface area contributed by atoms with Crippen LogP contribution in [0.25, 0.3) is 0 Å². The molecule has 0 fully saturated rings. The highest BCUT2D eigenvalue weighted by molar-refractivity contribution is 7.98. The summed E-state index contributed by atoms with van der Waals surface area (Å²) in [6, 6.07) is 7.24. The van der Waals surface area contributed by atoms with Crippen LogP contribution in [0.4, 0.5) is 10.5 Å². The highest BCUT2D eigenvalue weighted by Gasteiger charge is 2.27. The molecule has 0 aromatic heterocycles. The molecule has 0 heterocycles. The molecule has 1 aromatic rings. The number of para-hydroxylation sites is 1. The molecule has 5 nitrogen and oxygen atoms in total. The second kappa shape index (κ2) is 7.36. The molecule has 0 radical (unpaired) electrons. The van der Waals surface area contributed by atoms with Crippen LogP contribution in [0.2, 0.25) is 0 Å². The largest absolute Gasteiger partial charge is 0.481 e. The van der Waals surface area contributed by atoms with Gasteiger partial charge < -0.3 is 15.3 Å². The van der Waals surface area contributed by atoms with Crippen LogP contribution < -0.4 is 5.32 Å². The summed E-state index contributed by atoms with van der Waals surface area (Å²) in [6.45, 7) is 5.82. The number of amides is 2. The first kappa shape index (κ1) is 17.4. The van der Waals surface area contributed by atoms with Gasteiger partial charge in [0, 0.05) is 17.0 Å². The van der Waals surface area contributed by atoms with Crippen molar-refractivity contribution >= 4 is 29.4 Å². The van der Waals surface area contributed by atoms with Gasteiger partial charge in [0.1, 0.15) is 0 Å². The van der Waals surface area contributed by atoms with E-state index in [1.807, 2.05) is 51.3 Å². The number of thioether (sulfide) groups is 1. The predicted octanol–water partition coefficient (Wildman–Crippen LogP) is 3.52. The summed E-state index contributed by atoms with van der Waals surface area (Å²) >= 11 is 1.55. The number of nitrogens with one attached hydrogen (secondary N) is 1. The number of carbonyl (C=O) groups excluding carboxylic acids is 1. The molecule has 0 aliphatic rings. The van der Waals surface area contributed by atoms with Gasteiger partial charge in [-0.1, -0.05) is 12.1 Å². The number of urea groups is 1. The van der Waals surface area contributed by atoms with E-state index in [1.54, 1.807) is 11.8 Å². The number of hydrogen-bond donors (Lipinski definition) is 2. The lowest BCUT2D eigenvalue weighted by Crippen LogP contribution is -2.48. The van der Waals surface area contributed by atoms with Crippen LogP contribution in [-0.2, 0) is 4.79 Å². The molecule has 1 aromatic carbocycles. The number of carbonyl (C=O) groups is 2. The molecule has 0 bridgehead atoms. The summed E-state index contributed by atoms with van der Waals surface area (Å²) in [6.07, 6.45) is 1.87. The number of rotatable bonds is 5. The minimum atomic E-state index is -0.915. The number of aliphatic carboxylic acids is 1. The second-order valence-electron chi connectivity index (χ2n) is 5.60. The van der Waals surface area contributed by atoms with Crippen molar-refractivity contribution in [1.82, 2.24) is 4.90 Å². The van der Waals surface area contributed by atoms with E-state index < -0.39 is 11.5 Å². The van der Waals surface area contributed by atoms with Crippen LogP contribution in [0.3, 0.4) is 0 Å². The summed E-state index contributed by atoms with van der Waals surface area (Å²) in [5, 5.41) is 11.7. The molecule has 2 amide bonds. The van der Waals surface area contributed by atoms with Gasteiger partial charge in [-0.05, 0) is 39.2 Å². The lowest BCUT2D eigenvalue weighted by Gasteiger charge is -2.35. The van der Waals surface area contributed by atoms with Gasteiger partial charge in [-0.2, -0.15) is 0 Å². The Bertz CT molecular complexity index is 512. The van der Waals surface area contributed by atoms with Crippen molar-refractivity contribution in [2.45, 2.75) is 37.6 Å². The van der Waals surface area contributed by atoms with Crippen LogP contribution in [0.15, 0.2) is 29.2 Å². The summed E-state index contributed by atoms with van der Waals surface area (Å²) in [7, 11) is 0. The number of anilines is 1. The maximum atomic E-state index is 12.5. The number of carboxylic acid groups (broad SMARTS) is 1. The van der Waals surface area contributed by atoms with Crippen LogP contribution >= 0.6 is 11.8 Å². The van der Waals surface area contributed by atoms with Gasteiger partial charge in [0.2, 0.25) is 0 Å². The van der Waals surface area contributed by atoms with Gasteiger partial charge in [-0.3, -0.25) is 4.79 Å². The van der Waals surface area contributed by atoms with Crippen LogP contribution in [0.5, 0.6) is 0 Å². The fraction of sp³-hybridized carbons (Fsp3) is 0.467. The Kier molecular flexibility index (Phi) is 6.08. The van der Waals surface area contributed by atoms with Crippen LogP contribution in [-0.4, -0.2) is 40.3 Å². The van der Waals surface area contributed by atoms with Crippen molar-refractivity contribution in [3.05, 3.63) is 24.3 Å². The van der Waals surface area contributed by atoms with E-state index in [4.69, 9.17) is 5.11 Å². The number of hydrogen-bond acceptors (Lipinski definition) is 3. The molecule has 6 heteroatoms. The molecule has 0 aliphatic carbocycles. The molecular formula is C15H22N2O3S. The summed E-state index contributed by atoms with van der Waals surface area (Å²) in [5.41, 5.74) is 0.285. The molecular weight excluding hydrogens is 288 g/mol.